The Balaban J connectivity index is 1.89. The summed E-state index contributed by atoms with van der Waals surface area (Å²) in [7, 11) is -3.57. The molecule has 22 heavy (non-hydrogen) atoms. The van der Waals surface area contributed by atoms with E-state index < -0.39 is 10.0 Å². The molecule has 2 aromatic heterocycles. The molecule has 1 saturated heterocycles. The van der Waals surface area contributed by atoms with Gasteiger partial charge in [-0.05, 0) is 26.0 Å². The van der Waals surface area contributed by atoms with Gasteiger partial charge >= 0.3 is 0 Å². The molecule has 7 nitrogen and oxygen atoms in total. The Bertz CT molecular complexity index is 734. The van der Waals surface area contributed by atoms with E-state index in [9.17, 15) is 8.42 Å². The first kappa shape index (κ1) is 15.1. The van der Waals surface area contributed by atoms with Crippen LogP contribution < -0.4 is 0 Å². The summed E-state index contributed by atoms with van der Waals surface area (Å²) >= 11 is 0. The molecule has 1 aliphatic heterocycles. The van der Waals surface area contributed by atoms with Crippen LogP contribution in [0.5, 0.6) is 0 Å². The molecule has 8 heteroatoms. The Morgan fingerprint density at radius 1 is 1.23 bits per heavy atom. The summed E-state index contributed by atoms with van der Waals surface area (Å²) in [4.78, 5) is 4.32. The van der Waals surface area contributed by atoms with Gasteiger partial charge in [-0.1, -0.05) is 6.07 Å². The smallest absolute Gasteiger partial charge is 0.246 e. The molecule has 0 spiro atoms. The molecule has 0 saturated carbocycles. The molecule has 3 heterocycles. The maximum absolute atomic E-state index is 12.7. The minimum atomic E-state index is -3.57. The van der Waals surface area contributed by atoms with Crippen LogP contribution in [0, 0.1) is 0 Å². The van der Waals surface area contributed by atoms with E-state index in [0.29, 0.717) is 18.9 Å². The number of hydrogen-bond acceptors (Lipinski definition) is 5. The first-order valence-electron chi connectivity index (χ1n) is 7.08. The van der Waals surface area contributed by atoms with Crippen molar-refractivity contribution >= 4 is 10.0 Å². The van der Waals surface area contributed by atoms with Gasteiger partial charge in [-0.2, -0.15) is 9.40 Å². The van der Waals surface area contributed by atoms with Gasteiger partial charge in [0.2, 0.25) is 10.0 Å². The van der Waals surface area contributed by atoms with Crippen LogP contribution in [0.4, 0.5) is 0 Å². The Morgan fingerprint density at radius 2 is 1.95 bits per heavy atom. The van der Waals surface area contributed by atoms with Crippen LogP contribution >= 0.6 is 0 Å². The standard InChI is InChI=1S/C14H18N4O3S/c1-11-8-17(9-12(2)21-11)22(19,20)13-7-16-18(10-13)14-5-3-4-6-15-14/h3-7,10-12H,8-9H2,1-2H3/t11-,12-/m1/s1. The predicted molar refractivity (Wildman–Crippen MR) is 80.1 cm³/mol. The lowest BCUT2D eigenvalue weighted by atomic mass is 10.3. The summed E-state index contributed by atoms with van der Waals surface area (Å²) in [5.41, 5.74) is 0. The molecule has 118 valence electrons. The van der Waals surface area contributed by atoms with Crippen LogP contribution in [0.3, 0.4) is 0 Å². The molecule has 0 aliphatic carbocycles. The zero-order valence-corrected chi connectivity index (χ0v) is 13.3. The Hall–Kier alpha value is -1.77. The van der Waals surface area contributed by atoms with Crippen LogP contribution in [0.15, 0.2) is 41.7 Å². The fourth-order valence-electron chi connectivity index (χ4n) is 2.53. The van der Waals surface area contributed by atoms with E-state index in [1.54, 1.807) is 18.3 Å². The molecule has 1 aliphatic rings. The number of pyridine rings is 1. The van der Waals surface area contributed by atoms with Gasteiger partial charge in [0.05, 0.1) is 24.6 Å². The van der Waals surface area contributed by atoms with Crippen molar-refractivity contribution in [3.8, 4) is 5.82 Å². The van der Waals surface area contributed by atoms with Crippen LogP contribution in [-0.4, -0.2) is 52.8 Å². The van der Waals surface area contributed by atoms with Crippen molar-refractivity contribution in [3.63, 3.8) is 0 Å². The predicted octanol–water partition coefficient (Wildman–Crippen LogP) is 1.07. The van der Waals surface area contributed by atoms with Crippen molar-refractivity contribution in [1.29, 1.82) is 0 Å². The first-order valence-corrected chi connectivity index (χ1v) is 8.52. The number of sulfonamides is 1. The molecule has 1 fully saturated rings. The third-order valence-corrected chi connectivity index (χ3v) is 5.25. The van der Waals surface area contributed by atoms with Crippen molar-refractivity contribution in [2.75, 3.05) is 13.1 Å². The molecule has 0 bridgehead atoms. The monoisotopic (exact) mass is 322 g/mol. The molecule has 2 aromatic rings. The number of rotatable bonds is 3. The maximum Gasteiger partial charge on any atom is 0.246 e. The fraction of sp³-hybridized carbons (Fsp3) is 0.429. The lowest BCUT2D eigenvalue weighted by Gasteiger charge is -2.34. The normalized spacial score (nSPS) is 23.5. The summed E-state index contributed by atoms with van der Waals surface area (Å²) in [5.74, 6) is 0.577. The Kier molecular flexibility index (Phi) is 3.98. The lowest BCUT2D eigenvalue weighted by molar-refractivity contribution is -0.0440. The number of nitrogens with zero attached hydrogens (tertiary/aromatic N) is 4. The summed E-state index contributed by atoms with van der Waals surface area (Å²) in [6, 6.07) is 5.38. The SMILES string of the molecule is C[C@@H]1CN(S(=O)(=O)c2cnn(-c3ccccn3)c2)C[C@@H](C)O1. The molecule has 3 rings (SSSR count). The third-order valence-electron chi connectivity index (χ3n) is 3.47. The van der Waals surface area contributed by atoms with E-state index in [1.807, 2.05) is 19.9 Å². The zero-order chi connectivity index (χ0) is 15.7. The highest BCUT2D eigenvalue weighted by molar-refractivity contribution is 7.89. The highest BCUT2D eigenvalue weighted by atomic mass is 32.2. The van der Waals surface area contributed by atoms with Crippen molar-refractivity contribution < 1.29 is 13.2 Å². The van der Waals surface area contributed by atoms with Gasteiger partial charge in [0.25, 0.3) is 0 Å². The highest BCUT2D eigenvalue weighted by Crippen LogP contribution is 2.21. The van der Waals surface area contributed by atoms with E-state index in [4.69, 9.17) is 4.74 Å². The Morgan fingerprint density at radius 3 is 2.59 bits per heavy atom. The molecular formula is C14H18N4O3S. The van der Waals surface area contributed by atoms with Crippen LogP contribution in [0.1, 0.15) is 13.8 Å². The number of aromatic nitrogens is 3. The average Bonchev–Trinajstić information content (AvgIpc) is 2.98. The van der Waals surface area contributed by atoms with E-state index >= 15 is 0 Å². The van der Waals surface area contributed by atoms with Crippen LogP contribution in [0.2, 0.25) is 0 Å². The second-order valence-corrected chi connectivity index (χ2v) is 7.33. The quantitative estimate of drug-likeness (QED) is 0.844. The second kappa shape index (κ2) is 5.79. The number of hydrogen-bond donors (Lipinski definition) is 0. The van der Waals surface area contributed by atoms with Gasteiger partial charge in [-0.25, -0.2) is 18.1 Å². The molecule has 0 unspecified atom stereocenters. The van der Waals surface area contributed by atoms with Crippen LogP contribution in [-0.2, 0) is 14.8 Å². The van der Waals surface area contributed by atoms with Gasteiger partial charge in [0, 0.05) is 19.3 Å². The van der Waals surface area contributed by atoms with Crippen molar-refractivity contribution in [2.24, 2.45) is 0 Å². The molecule has 2 atom stereocenters. The highest BCUT2D eigenvalue weighted by Gasteiger charge is 2.33. The molecule has 0 N–H and O–H groups in total. The van der Waals surface area contributed by atoms with Crippen LogP contribution in [0.25, 0.3) is 5.82 Å². The molecule has 0 radical (unpaired) electrons. The van der Waals surface area contributed by atoms with Gasteiger partial charge in [0.1, 0.15) is 4.90 Å². The minimum Gasteiger partial charge on any atom is -0.373 e. The van der Waals surface area contributed by atoms with Crippen molar-refractivity contribution in [1.82, 2.24) is 19.1 Å². The van der Waals surface area contributed by atoms with Crippen molar-refractivity contribution in [2.45, 2.75) is 31.0 Å². The summed E-state index contributed by atoms with van der Waals surface area (Å²) < 4.78 is 33.9. The first-order chi connectivity index (χ1) is 10.5. The fourth-order valence-corrected chi connectivity index (χ4v) is 4.05. The van der Waals surface area contributed by atoms with E-state index in [1.165, 1.54) is 21.4 Å². The van der Waals surface area contributed by atoms with Crippen molar-refractivity contribution in [3.05, 3.63) is 36.8 Å². The van der Waals surface area contributed by atoms with Gasteiger partial charge in [0.15, 0.2) is 5.82 Å². The average molecular weight is 322 g/mol. The van der Waals surface area contributed by atoms with Gasteiger partial charge < -0.3 is 4.74 Å². The molecular weight excluding hydrogens is 304 g/mol. The van der Waals surface area contributed by atoms with Gasteiger partial charge in [-0.15, -0.1) is 0 Å². The largest absolute Gasteiger partial charge is 0.373 e. The van der Waals surface area contributed by atoms with E-state index in [2.05, 4.69) is 10.1 Å². The molecule has 0 amide bonds. The summed E-state index contributed by atoms with van der Waals surface area (Å²) in [5, 5.41) is 4.10. The minimum absolute atomic E-state index is 0.121. The number of ether oxygens (including phenoxy) is 1. The topological polar surface area (TPSA) is 77.3 Å². The maximum atomic E-state index is 12.7. The molecule has 0 aromatic carbocycles. The third kappa shape index (κ3) is 2.90. The number of morpholine rings is 1. The Labute approximate surface area is 129 Å². The summed E-state index contributed by atoms with van der Waals surface area (Å²) in [6.07, 6.45) is 4.24. The lowest BCUT2D eigenvalue weighted by Crippen LogP contribution is -2.48. The zero-order valence-electron chi connectivity index (χ0n) is 12.5. The summed E-state index contributed by atoms with van der Waals surface area (Å²) in [6.45, 7) is 4.44. The second-order valence-electron chi connectivity index (χ2n) is 5.39. The van der Waals surface area contributed by atoms with E-state index in [-0.39, 0.29) is 17.1 Å². The van der Waals surface area contributed by atoms with Gasteiger partial charge in [-0.3, -0.25) is 0 Å². The van der Waals surface area contributed by atoms with E-state index in [0.717, 1.165) is 0 Å².